The summed E-state index contributed by atoms with van der Waals surface area (Å²) in [6.45, 7) is 4.01. The monoisotopic (exact) mass is 376 g/mol. The van der Waals surface area contributed by atoms with Crippen LogP contribution in [0.15, 0.2) is 4.42 Å². The highest BCUT2D eigenvalue weighted by atomic mass is 127. The molecule has 0 N–H and O–H groups in total. The van der Waals surface area contributed by atoms with E-state index in [2.05, 4.69) is 22.6 Å². The second-order valence-corrected chi connectivity index (χ2v) is 7.57. The van der Waals surface area contributed by atoms with E-state index in [0.717, 1.165) is 6.29 Å². The molecule has 102 valence electrons. The number of ether oxygens (including phenoxy) is 2. The Morgan fingerprint density at radius 1 is 1.63 bits per heavy atom. The molecule has 2 unspecified atom stereocenters. The van der Waals surface area contributed by atoms with Gasteiger partial charge in [0.1, 0.15) is 21.7 Å². The van der Waals surface area contributed by atoms with Gasteiger partial charge in [0, 0.05) is 6.42 Å². The lowest BCUT2D eigenvalue weighted by Crippen LogP contribution is -2.32. The smallest absolute Gasteiger partial charge is 0.327 e. The molecule has 0 spiro atoms. The molecule has 3 heterocycles. The summed E-state index contributed by atoms with van der Waals surface area (Å²) < 4.78 is 15.9. The molecule has 0 aliphatic carbocycles. The molecule has 0 saturated carbocycles. The fourth-order valence-corrected chi connectivity index (χ4v) is 2.39. The quantitative estimate of drug-likeness (QED) is 0.349. The summed E-state index contributed by atoms with van der Waals surface area (Å²) in [5.74, 6) is 1.49. The topological polar surface area (TPSA) is 65.7 Å². The summed E-state index contributed by atoms with van der Waals surface area (Å²) in [5, 5.41) is 0. The van der Waals surface area contributed by atoms with E-state index >= 15 is 0 Å². The summed E-state index contributed by atoms with van der Waals surface area (Å²) in [6.07, 6.45) is 1.94. The van der Waals surface area contributed by atoms with Crippen molar-refractivity contribution in [3.63, 3.8) is 0 Å². The minimum Gasteiger partial charge on any atom is -0.485 e. The van der Waals surface area contributed by atoms with Crippen LogP contribution in [0.4, 0.5) is 0 Å². The first-order valence-corrected chi connectivity index (χ1v) is 7.18. The Morgan fingerprint density at radius 2 is 2.37 bits per heavy atom. The third-order valence-electron chi connectivity index (χ3n) is 3.80. The number of hydrogen-bond donors (Lipinski definition) is 0. The van der Waals surface area contributed by atoms with Crippen molar-refractivity contribution in [1.82, 2.24) is 0 Å². The first kappa shape index (κ1) is 13.0. The Hall–Kier alpha value is -1.05. The highest BCUT2D eigenvalue weighted by Gasteiger charge is 2.55. The Bertz CT molecular complexity index is 574. The van der Waals surface area contributed by atoms with Gasteiger partial charge in [-0.1, -0.05) is 29.5 Å². The van der Waals surface area contributed by atoms with Crippen LogP contribution in [0.2, 0.25) is 0 Å². The summed E-state index contributed by atoms with van der Waals surface area (Å²) in [6, 6.07) is 0. The second-order valence-electron chi connectivity index (χ2n) is 5.19. The van der Waals surface area contributed by atoms with Crippen LogP contribution < -0.4 is 9.47 Å². The number of alkyl halides is 1. The Kier molecular flexibility index (Phi) is 2.71. The van der Waals surface area contributed by atoms with Gasteiger partial charge in [-0.2, -0.15) is 0 Å². The molecule has 0 radical (unpaired) electrons. The lowest BCUT2D eigenvalue weighted by atomic mass is 9.84. The van der Waals surface area contributed by atoms with Crippen molar-refractivity contribution in [2.75, 3.05) is 6.61 Å². The van der Waals surface area contributed by atoms with Gasteiger partial charge in [-0.15, -0.1) is 0 Å². The van der Waals surface area contributed by atoms with Gasteiger partial charge in [0.25, 0.3) is 0 Å². The van der Waals surface area contributed by atoms with Gasteiger partial charge in [0.05, 0.1) is 0 Å². The molecule has 6 heteroatoms. The molecule has 1 aromatic rings. The van der Waals surface area contributed by atoms with Crippen molar-refractivity contribution in [3.05, 3.63) is 11.5 Å². The van der Waals surface area contributed by atoms with Crippen molar-refractivity contribution in [2.45, 2.75) is 35.5 Å². The predicted octanol–water partition coefficient (Wildman–Crippen LogP) is 2.17. The lowest BCUT2D eigenvalue weighted by Gasteiger charge is -2.18. The normalized spacial score (nSPS) is 25.8. The van der Waals surface area contributed by atoms with Crippen molar-refractivity contribution >= 4 is 34.8 Å². The summed E-state index contributed by atoms with van der Waals surface area (Å²) in [4.78, 5) is 23.3. The Labute approximate surface area is 123 Å². The first-order valence-electron chi connectivity index (χ1n) is 6.10. The highest BCUT2D eigenvalue weighted by molar-refractivity contribution is 14.1. The van der Waals surface area contributed by atoms with Gasteiger partial charge in [0.2, 0.25) is 11.5 Å². The third kappa shape index (κ3) is 1.65. The maximum atomic E-state index is 12.1. The van der Waals surface area contributed by atoms with Crippen LogP contribution >= 0.6 is 22.6 Å². The molecule has 2 bridgehead atoms. The van der Waals surface area contributed by atoms with Gasteiger partial charge in [0.15, 0.2) is 11.5 Å². The molecular weight excluding hydrogens is 363 g/mol. The molecule has 0 amide bonds. The largest absolute Gasteiger partial charge is 0.485 e. The van der Waals surface area contributed by atoms with E-state index in [1.165, 1.54) is 0 Å². The van der Waals surface area contributed by atoms with Gasteiger partial charge in [-0.25, -0.2) is 0 Å². The lowest BCUT2D eigenvalue weighted by molar-refractivity contribution is -0.136. The van der Waals surface area contributed by atoms with Gasteiger partial charge >= 0.3 is 5.97 Å². The molecule has 0 saturated heterocycles. The molecule has 1 aromatic heterocycles. The summed E-state index contributed by atoms with van der Waals surface area (Å²) >= 11 is 2.07. The number of furan rings is 1. The van der Waals surface area contributed by atoms with E-state index in [4.69, 9.17) is 13.9 Å². The van der Waals surface area contributed by atoms with Gasteiger partial charge in [-0.3, -0.25) is 4.79 Å². The molecule has 2 aliphatic rings. The van der Waals surface area contributed by atoms with Crippen LogP contribution in [0.5, 0.6) is 11.5 Å². The van der Waals surface area contributed by atoms with Crippen molar-refractivity contribution in [3.8, 4) is 11.5 Å². The molecule has 0 aromatic carbocycles. The van der Waals surface area contributed by atoms with E-state index in [9.17, 15) is 9.59 Å². The minimum atomic E-state index is -0.682. The molecule has 2 aliphatic heterocycles. The molecule has 5 nitrogen and oxygen atoms in total. The summed E-state index contributed by atoms with van der Waals surface area (Å²) in [7, 11) is 0. The van der Waals surface area contributed by atoms with E-state index < -0.39 is 8.84 Å². The van der Waals surface area contributed by atoms with Gasteiger partial charge in [-0.05, 0) is 13.3 Å². The van der Waals surface area contributed by atoms with Gasteiger partial charge < -0.3 is 18.7 Å². The minimum absolute atomic E-state index is 0.265. The molecule has 3 rings (SSSR count). The number of aldehydes is 1. The Balaban J connectivity index is 1.91. The van der Waals surface area contributed by atoms with Crippen molar-refractivity contribution in [1.29, 1.82) is 0 Å². The average Bonchev–Trinajstić information content (AvgIpc) is 2.98. The molecule has 2 atom stereocenters. The number of esters is 1. The van der Waals surface area contributed by atoms with E-state index in [-0.39, 0.29) is 12.6 Å². The van der Waals surface area contributed by atoms with E-state index in [1.54, 1.807) is 0 Å². The highest BCUT2D eigenvalue weighted by Crippen LogP contribution is 2.56. The molecule has 19 heavy (non-hydrogen) atoms. The number of carbonyl (C=O) groups is 2. The van der Waals surface area contributed by atoms with Crippen molar-refractivity contribution in [2.24, 2.45) is 0 Å². The standard InChI is InChI=1S/C13H13IO5/c1-3-12(2,14)11(16)19-8-7-4-13(5-15)6-17-9(8)10(13)18-7/h5H,3-4,6H2,1-2H3. The maximum Gasteiger partial charge on any atom is 0.327 e. The second kappa shape index (κ2) is 3.97. The van der Waals surface area contributed by atoms with Crippen LogP contribution in [0.3, 0.4) is 0 Å². The number of carbonyl (C=O) groups excluding carboxylic acids is 2. The third-order valence-corrected chi connectivity index (χ3v) is 5.01. The predicted molar refractivity (Wildman–Crippen MR) is 74.0 cm³/mol. The first-order chi connectivity index (χ1) is 8.93. The number of halogens is 1. The van der Waals surface area contributed by atoms with Crippen LogP contribution in [0.25, 0.3) is 0 Å². The molecule has 0 fully saturated rings. The fourth-order valence-electron chi connectivity index (χ4n) is 2.28. The van der Waals surface area contributed by atoms with E-state index in [0.29, 0.717) is 35.9 Å². The van der Waals surface area contributed by atoms with Crippen LogP contribution in [-0.2, 0) is 21.4 Å². The molecular formula is C13H13IO5. The number of hydrogen-bond acceptors (Lipinski definition) is 5. The zero-order valence-corrected chi connectivity index (χ0v) is 12.8. The van der Waals surface area contributed by atoms with E-state index in [1.807, 2.05) is 13.8 Å². The number of rotatable bonds is 4. The SMILES string of the molecule is CCC(C)(I)C(=O)Oc1c2oc3c1OCC3(C=O)C2. The zero-order valence-electron chi connectivity index (χ0n) is 10.6. The van der Waals surface area contributed by atoms with Crippen LogP contribution in [0.1, 0.15) is 31.8 Å². The number of fused-ring (bicyclic) bond motifs is 1. The van der Waals surface area contributed by atoms with Crippen LogP contribution in [0, 0.1) is 0 Å². The van der Waals surface area contributed by atoms with Crippen molar-refractivity contribution < 1.29 is 23.5 Å². The average molecular weight is 376 g/mol. The van der Waals surface area contributed by atoms with Crippen LogP contribution in [-0.4, -0.2) is 22.3 Å². The maximum absolute atomic E-state index is 12.1. The Morgan fingerprint density at radius 3 is 3.00 bits per heavy atom. The summed E-state index contributed by atoms with van der Waals surface area (Å²) in [5.41, 5.74) is -0.682. The fraction of sp³-hybridized carbons (Fsp3) is 0.538. The zero-order chi connectivity index (χ0) is 13.8.